The van der Waals surface area contributed by atoms with Crippen LogP contribution in [0.3, 0.4) is 0 Å². The van der Waals surface area contributed by atoms with E-state index in [1.165, 1.54) is 11.1 Å². The van der Waals surface area contributed by atoms with Crippen LogP contribution in [-0.4, -0.2) is 51.0 Å². The number of pyridine rings is 1. The molecule has 3 aromatic rings. The van der Waals surface area contributed by atoms with Crippen molar-refractivity contribution in [1.29, 1.82) is 0 Å². The van der Waals surface area contributed by atoms with E-state index in [2.05, 4.69) is 61.8 Å². The maximum atomic E-state index is 13.1. The van der Waals surface area contributed by atoms with E-state index in [9.17, 15) is 4.79 Å². The predicted octanol–water partition coefficient (Wildman–Crippen LogP) is 5.18. The number of hydrogen-bond donors (Lipinski definition) is 0. The molecule has 0 spiro atoms. The molecule has 36 heavy (non-hydrogen) atoms. The van der Waals surface area contributed by atoms with Crippen molar-refractivity contribution in [3.63, 3.8) is 0 Å². The van der Waals surface area contributed by atoms with Crippen LogP contribution in [0.5, 0.6) is 0 Å². The van der Waals surface area contributed by atoms with Gasteiger partial charge in [0.15, 0.2) is 0 Å². The number of piperazine rings is 1. The third-order valence-corrected chi connectivity index (χ3v) is 8.41. The Balaban J connectivity index is 1.50. The first-order chi connectivity index (χ1) is 17.4. The molecule has 0 saturated carbocycles. The van der Waals surface area contributed by atoms with Crippen molar-refractivity contribution in [3.05, 3.63) is 58.0 Å². The Bertz CT molecular complexity index is 1240. The van der Waals surface area contributed by atoms with E-state index in [0.717, 1.165) is 68.5 Å². The molecule has 4 atom stereocenters. The summed E-state index contributed by atoms with van der Waals surface area (Å²) in [5, 5.41) is 5.02. The Hall–Kier alpha value is -2.64. The number of aromatic nitrogens is 3. The lowest BCUT2D eigenvalue weighted by Crippen LogP contribution is -2.58. The molecule has 7 heteroatoms. The van der Waals surface area contributed by atoms with E-state index < -0.39 is 0 Å². The van der Waals surface area contributed by atoms with Crippen LogP contribution < -0.4 is 10.5 Å². The predicted molar refractivity (Wildman–Crippen MR) is 146 cm³/mol. The second-order valence-electron chi connectivity index (χ2n) is 10.7. The summed E-state index contributed by atoms with van der Waals surface area (Å²) in [6.07, 6.45) is 7.23. The smallest absolute Gasteiger partial charge is 0.252 e. The van der Waals surface area contributed by atoms with Crippen LogP contribution in [-0.2, 0) is 11.8 Å². The van der Waals surface area contributed by atoms with Crippen molar-refractivity contribution in [1.82, 2.24) is 19.2 Å². The highest BCUT2D eigenvalue weighted by Gasteiger charge is 2.36. The second-order valence-corrected chi connectivity index (χ2v) is 10.7. The van der Waals surface area contributed by atoms with Crippen LogP contribution in [0.15, 0.2) is 41.3 Å². The molecule has 0 amide bonds. The first-order valence-electron chi connectivity index (χ1n) is 13.7. The molecule has 194 valence electrons. The fourth-order valence-electron chi connectivity index (χ4n) is 6.00. The molecule has 1 aromatic carbocycles. The Labute approximate surface area is 214 Å². The monoisotopic (exact) mass is 491 g/mol. The number of benzene rings is 1. The molecule has 7 nitrogen and oxygen atoms in total. The Morgan fingerprint density at radius 2 is 1.83 bits per heavy atom. The number of hydrogen-bond acceptors (Lipinski definition) is 5. The molecular formula is C29H41N5O2. The number of aryl methyl sites for hydroxylation is 2. The highest BCUT2D eigenvalue weighted by molar-refractivity contribution is 5.88. The lowest BCUT2D eigenvalue weighted by molar-refractivity contribution is -0.0390. The van der Waals surface area contributed by atoms with Gasteiger partial charge in [0.05, 0.1) is 17.4 Å². The van der Waals surface area contributed by atoms with Crippen LogP contribution in [0.2, 0.25) is 0 Å². The number of ether oxygens (including phenoxy) is 1. The first-order valence-corrected chi connectivity index (χ1v) is 13.7. The van der Waals surface area contributed by atoms with Gasteiger partial charge in [0.1, 0.15) is 11.7 Å². The SMILES string of the molecule is CC[C@H]1CN(C(C)c2ccc(C)cc2)[C@H](CC)CN1c1cc(=O)n(C)c2cn(C3CCCCO3)nc12. The normalized spacial score (nSPS) is 24.4. The van der Waals surface area contributed by atoms with Gasteiger partial charge in [-0.2, -0.15) is 5.10 Å². The molecule has 2 aliphatic heterocycles. The van der Waals surface area contributed by atoms with E-state index in [1.54, 1.807) is 10.6 Å². The fraction of sp³-hybridized carbons (Fsp3) is 0.586. The van der Waals surface area contributed by atoms with Gasteiger partial charge in [-0.15, -0.1) is 0 Å². The van der Waals surface area contributed by atoms with Gasteiger partial charge in [-0.25, -0.2) is 4.68 Å². The lowest BCUT2D eigenvalue weighted by Gasteiger charge is -2.49. The van der Waals surface area contributed by atoms with Crippen LogP contribution in [0.1, 0.15) is 76.3 Å². The van der Waals surface area contributed by atoms with Gasteiger partial charge in [0.25, 0.3) is 5.56 Å². The van der Waals surface area contributed by atoms with E-state index in [1.807, 2.05) is 17.9 Å². The topological polar surface area (TPSA) is 55.5 Å². The van der Waals surface area contributed by atoms with Gasteiger partial charge >= 0.3 is 0 Å². The standard InChI is InChI=1S/C29H41N5O2/c1-6-23-18-33(24(7-2)17-32(23)21(4)22-13-11-20(3)12-14-22)25-16-27(35)31(5)26-19-34(30-29(25)26)28-10-8-9-15-36-28/h11-14,16,19,21,23-24,28H,6-10,15,17-18H2,1-5H3/t21?,23-,24+,28?/m1/s1. The summed E-state index contributed by atoms with van der Waals surface area (Å²) in [7, 11) is 1.84. The third-order valence-electron chi connectivity index (χ3n) is 8.41. The summed E-state index contributed by atoms with van der Waals surface area (Å²) in [5.41, 5.74) is 5.42. The van der Waals surface area contributed by atoms with Gasteiger partial charge in [-0.3, -0.25) is 9.69 Å². The number of anilines is 1. The van der Waals surface area contributed by atoms with E-state index in [4.69, 9.17) is 9.84 Å². The summed E-state index contributed by atoms with van der Waals surface area (Å²) in [6.45, 7) is 11.6. The highest BCUT2D eigenvalue weighted by atomic mass is 16.5. The zero-order chi connectivity index (χ0) is 25.4. The van der Waals surface area contributed by atoms with Crippen LogP contribution >= 0.6 is 0 Å². The maximum absolute atomic E-state index is 13.1. The molecule has 0 aliphatic carbocycles. The van der Waals surface area contributed by atoms with Crippen molar-refractivity contribution < 1.29 is 4.74 Å². The molecule has 2 aliphatic rings. The van der Waals surface area contributed by atoms with Crippen LogP contribution in [0.25, 0.3) is 11.0 Å². The van der Waals surface area contributed by atoms with Gasteiger partial charge in [-0.05, 0) is 51.5 Å². The number of fused-ring (bicyclic) bond motifs is 1. The third kappa shape index (κ3) is 4.59. The average Bonchev–Trinajstić information content (AvgIpc) is 3.36. The van der Waals surface area contributed by atoms with Gasteiger partial charge in [0, 0.05) is 50.9 Å². The molecule has 5 rings (SSSR count). The molecule has 4 heterocycles. The minimum absolute atomic E-state index is 0.0139. The summed E-state index contributed by atoms with van der Waals surface area (Å²) in [6, 6.07) is 11.8. The van der Waals surface area contributed by atoms with Crippen LogP contribution in [0, 0.1) is 6.92 Å². The quantitative estimate of drug-likeness (QED) is 0.475. The molecular weight excluding hydrogens is 450 g/mol. The number of rotatable bonds is 6. The molecule has 0 radical (unpaired) electrons. The van der Waals surface area contributed by atoms with E-state index in [-0.39, 0.29) is 11.8 Å². The summed E-state index contributed by atoms with van der Waals surface area (Å²) in [4.78, 5) is 18.2. The van der Waals surface area contributed by atoms with E-state index in [0.29, 0.717) is 18.1 Å². The minimum Gasteiger partial charge on any atom is -0.364 e. The second kappa shape index (κ2) is 10.4. The van der Waals surface area contributed by atoms with Gasteiger partial charge in [0.2, 0.25) is 0 Å². The first kappa shape index (κ1) is 25.0. The summed E-state index contributed by atoms with van der Waals surface area (Å²) >= 11 is 0. The zero-order valence-corrected chi connectivity index (χ0v) is 22.5. The lowest BCUT2D eigenvalue weighted by atomic mass is 9.96. The summed E-state index contributed by atoms with van der Waals surface area (Å²) < 4.78 is 9.67. The molecule has 2 fully saturated rings. The highest BCUT2D eigenvalue weighted by Crippen LogP contribution is 2.35. The molecule has 2 saturated heterocycles. The average molecular weight is 492 g/mol. The molecule has 0 N–H and O–H groups in total. The van der Waals surface area contributed by atoms with Crippen molar-refractivity contribution in [2.24, 2.45) is 7.05 Å². The minimum atomic E-state index is -0.0494. The Kier molecular flexibility index (Phi) is 7.22. The Morgan fingerprint density at radius 3 is 2.50 bits per heavy atom. The zero-order valence-electron chi connectivity index (χ0n) is 22.5. The van der Waals surface area contributed by atoms with E-state index >= 15 is 0 Å². The fourth-order valence-corrected chi connectivity index (χ4v) is 6.00. The van der Waals surface area contributed by atoms with Crippen molar-refractivity contribution in [2.45, 2.75) is 84.2 Å². The van der Waals surface area contributed by atoms with Gasteiger partial charge in [-0.1, -0.05) is 43.7 Å². The molecule has 2 aromatic heterocycles. The van der Waals surface area contributed by atoms with Gasteiger partial charge < -0.3 is 14.2 Å². The Morgan fingerprint density at radius 1 is 1.08 bits per heavy atom. The molecule has 0 bridgehead atoms. The summed E-state index contributed by atoms with van der Waals surface area (Å²) in [5.74, 6) is 0. The maximum Gasteiger partial charge on any atom is 0.252 e. The van der Waals surface area contributed by atoms with Crippen molar-refractivity contribution in [2.75, 3.05) is 24.6 Å². The van der Waals surface area contributed by atoms with Crippen molar-refractivity contribution >= 4 is 16.7 Å². The van der Waals surface area contributed by atoms with Crippen molar-refractivity contribution in [3.8, 4) is 0 Å². The molecule has 2 unspecified atom stereocenters. The van der Waals surface area contributed by atoms with Crippen LogP contribution in [0.4, 0.5) is 5.69 Å². The number of nitrogens with zero attached hydrogens (tertiary/aromatic N) is 5. The largest absolute Gasteiger partial charge is 0.364 e.